The first kappa shape index (κ1) is 13.6. The summed E-state index contributed by atoms with van der Waals surface area (Å²) in [6, 6.07) is 4.12. The Kier molecular flexibility index (Phi) is 5.06. The van der Waals surface area contributed by atoms with E-state index in [0.29, 0.717) is 5.75 Å². The van der Waals surface area contributed by atoms with Crippen molar-refractivity contribution in [1.82, 2.24) is 5.32 Å². The van der Waals surface area contributed by atoms with Gasteiger partial charge in [-0.2, -0.15) is 0 Å². The molecule has 17 heavy (non-hydrogen) atoms. The van der Waals surface area contributed by atoms with Gasteiger partial charge in [-0.1, -0.05) is 31.4 Å². The van der Waals surface area contributed by atoms with Gasteiger partial charge in [0.15, 0.2) is 0 Å². The molecule has 92 valence electrons. The summed E-state index contributed by atoms with van der Waals surface area (Å²) in [5, 5.41) is 13.0. The van der Waals surface area contributed by atoms with Crippen molar-refractivity contribution in [3.8, 4) is 18.1 Å². The van der Waals surface area contributed by atoms with E-state index in [1.165, 1.54) is 0 Å². The molecule has 0 bridgehead atoms. The number of nitrogens with one attached hydrogen (secondary N) is 1. The molecule has 0 fully saturated rings. The first-order valence-electron chi connectivity index (χ1n) is 6.07. The van der Waals surface area contributed by atoms with Crippen LogP contribution in [0.4, 0.5) is 0 Å². The lowest BCUT2D eigenvalue weighted by Crippen LogP contribution is -2.26. The first-order valence-corrected chi connectivity index (χ1v) is 6.07. The molecule has 0 amide bonds. The number of phenols is 1. The Morgan fingerprint density at radius 1 is 1.35 bits per heavy atom. The van der Waals surface area contributed by atoms with Crippen LogP contribution in [0, 0.1) is 26.2 Å². The molecule has 0 saturated heterocycles. The van der Waals surface area contributed by atoms with E-state index in [1.54, 1.807) is 0 Å². The lowest BCUT2D eigenvalue weighted by atomic mass is 10.1. The molecular formula is C15H21NO. The van der Waals surface area contributed by atoms with Crippen molar-refractivity contribution in [2.45, 2.75) is 46.2 Å². The Labute approximate surface area is 104 Å². The maximum absolute atomic E-state index is 9.69. The number of rotatable bonds is 5. The second kappa shape index (κ2) is 6.32. The van der Waals surface area contributed by atoms with E-state index in [9.17, 15) is 5.11 Å². The van der Waals surface area contributed by atoms with Gasteiger partial charge in [0.1, 0.15) is 5.75 Å². The standard InChI is InChI=1S/C15H21NO/c1-5-7-14(6-2)16-10-13-8-11(3)15(17)12(4)9-13/h2,8-9,14,16-17H,5,7,10H2,1,3-4H3. The minimum atomic E-state index is 0.134. The summed E-state index contributed by atoms with van der Waals surface area (Å²) in [7, 11) is 0. The number of benzene rings is 1. The fraction of sp³-hybridized carbons (Fsp3) is 0.467. The summed E-state index contributed by atoms with van der Waals surface area (Å²) in [5.74, 6) is 3.14. The van der Waals surface area contributed by atoms with Gasteiger partial charge in [0.2, 0.25) is 0 Å². The maximum atomic E-state index is 9.69. The van der Waals surface area contributed by atoms with E-state index >= 15 is 0 Å². The van der Waals surface area contributed by atoms with Gasteiger partial charge >= 0.3 is 0 Å². The van der Waals surface area contributed by atoms with Gasteiger partial charge < -0.3 is 5.11 Å². The van der Waals surface area contributed by atoms with Crippen LogP contribution in [0.3, 0.4) is 0 Å². The molecule has 1 aromatic rings. The van der Waals surface area contributed by atoms with Crippen molar-refractivity contribution in [3.05, 3.63) is 28.8 Å². The van der Waals surface area contributed by atoms with Crippen LogP contribution in [0.1, 0.15) is 36.5 Å². The lowest BCUT2D eigenvalue weighted by molar-refractivity contribution is 0.466. The van der Waals surface area contributed by atoms with E-state index in [2.05, 4.69) is 18.2 Å². The number of aryl methyl sites for hydroxylation is 2. The molecule has 0 aliphatic carbocycles. The average molecular weight is 231 g/mol. The zero-order valence-electron chi connectivity index (χ0n) is 10.9. The smallest absolute Gasteiger partial charge is 0.121 e. The van der Waals surface area contributed by atoms with E-state index in [1.807, 2.05) is 26.0 Å². The molecule has 0 aliphatic rings. The average Bonchev–Trinajstić information content (AvgIpc) is 2.31. The van der Waals surface area contributed by atoms with Crippen LogP contribution < -0.4 is 5.32 Å². The minimum Gasteiger partial charge on any atom is -0.507 e. The second-order valence-corrected chi connectivity index (χ2v) is 4.47. The van der Waals surface area contributed by atoms with E-state index in [4.69, 9.17) is 6.42 Å². The highest BCUT2D eigenvalue weighted by Gasteiger charge is 2.06. The quantitative estimate of drug-likeness (QED) is 0.764. The highest BCUT2D eigenvalue weighted by atomic mass is 16.3. The third-order valence-corrected chi connectivity index (χ3v) is 2.88. The molecular weight excluding hydrogens is 210 g/mol. The monoisotopic (exact) mass is 231 g/mol. The van der Waals surface area contributed by atoms with Crippen LogP contribution in [-0.2, 0) is 6.54 Å². The van der Waals surface area contributed by atoms with Crippen LogP contribution in [0.15, 0.2) is 12.1 Å². The SMILES string of the molecule is C#CC(CCC)NCc1cc(C)c(O)c(C)c1. The highest BCUT2D eigenvalue weighted by Crippen LogP contribution is 2.22. The van der Waals surface area contributed by atoms with E-state index in [0.717, 1.165) is 36.1 Å². The van der Waals surface area contributed by atoms with Gasteiger partial charge in [-0.05, 0) is 37.0 Å². The predicted molar refractivity (Wildman–Crippen MR) is 71.9 cm³/mol. The van der Waals surface area contributed by atoms with Crippen LogP contribution in [0.5, 0.6) is 5.75 Å². The van der Waals surface area contributed by atoms with Crippen molar-refractivity contribution in [3.63, 3.8) is 0 Å². The summed E-state index contributed by atoms with van der Waals surface area (Å²) in [4.78, 5) is 0. The third kappa shape index (κ3) is 3.80. The van der Waals surface area contributed by atoms with Gasteiger partial charge in [0.25, 0.3) is 0 Å². The van der Waals surface area contributed by atoms with Crippen molar-refractivity contribution in [1.29, 1.82) is 0 Å². The Balaban J connectivity index is 2.67. The Morgan fingerprint density at radius 2 is 1.94 bits per heavy atom. The molecule has 2 heteroatoms. The zero-order chi connectivity index (χ0) is 12.8. The molecule has 0 aromatic heterocycles. The molecule has 0 heterocycles. The Hall–Kier alpha value is -1.46. The van der Waals surface area contributed by atoms with Crippen molar-refractivity contribution in [2.75, 3.05) is 0 Å². The molecule has 2 N–H and O–H groups in total. The topological polar surface area (TPSA) is 32.3 Å². The molecule has 1 unspecified atom stereocenters. The van der Waals surface area contributed by atoms with Crippen LogP contribution in [0.25, 0.3) is 0 Å². The van der Waals surface area contributed by atoms with Gasteiger partial charge in [-0.25, -0.2) is 0 Å². The number of phenolic OH excluding ortho intramolecular Hbond substituents is 1. The molecule has 1 atom stereocenters. The maximum Gasteiger partial charge on any atom is 0.121 e. The normalized spacial score (nSPS) is 12.1. The molecule has 1 rings (SSSR count). The van der Waals surface area contributed by atoms with Crippen molar-refractivity contribution < 1.29 is 5.11 Å². The van der Waals surface area contributed by atoms with E-state index < -0.39 is 0 Å². The third-order valence-electron chi connectivity index (χ3n) is 2.88. The largest absolute Gasteiger partial charge is 0.507 e. The Morgan fingerprint density at radius 3 is 2.41 bits per heavy atom. The molecule has 1 aromatic carbocycles. The van der Waals surface area contributed by atoms with Gasteiger partial charge in [0, 0.05) is 6.54 Å². The van der Waals surface area contributed by atoms with Gasteiger partial charge in [-0.3, -0.25) is 5.32 Å². The molecule has 0 radical (unpaired) electrons. The predicted octanol–water partition coefficient (Wildman–Crippen LogP) is 2.90. The molecule has 0 saturated carbocycles. The number of aromatic hydroxyl groups is 1. The van der Waals surface area contributed by atoms with E-state index in [-0.39, 0.29) is 6.04 Å². The first-order chi connectivity index (χ1) is 8.08. The fourth-order valence-corrected chi connectivity index (χ4v) is 1.92. The fourth-order valence-electron chi connectivity index (χ4n) is 1.92. The number of terminal acetylenes is 1. The van der Waals surface area contributed by atoms with Gasteiger partial charge in [-0.15, -0.1) is 6.42 Å². The zero-order valence-corrected chi connectivity index (χ0v) is 10.9. The number of hydrogen-bond acceptors (Lipinski definition) is 2. The van der Waals surface area contributed by atoms with Crippen molar-refractivity contribution in [2.24, 2.45) is 0 Å². The Bertz CT molecular complexity index is 394. The summed E-state index contributed by atoms with van der Waals surface area (Å²) in [6.45, 7) is 6.70. The molecule has 2 nitrogen and oxygen atoms in total. The summed E-state index contributed by atoms with van der Waals surface area (Å²) in [5.41, 5.74) is 2.98. The minimum absolute atomic E-state index is 0.134. The summed E-state index contributed by atoms with van der Waals surface area (Å²) >= 11 is 0. The van der Waals surface area contributed by atoms with Gasteiger partial charge in [0.05, 0.1) is 6.04 Å². The summed E-state index contributed by atoms with van der Waals surface area (Å²) < 4.78 is 0. The second-order valence-electron chi connectivity index (χ2n) is 4.47. The van der Waals surface area contributed by atoms with Crippen LogP contribution >= 0.6 is 0 Å². The number of hydrogen-bond donors (Lipinski definition) is 2. The summed E-state index contributed by atoms with van der Waals surface area (Å²) in [6.07, 6.45) is 7.53. The van der Waals surface area contributed by atoms with Crippen molar-refractivity contribution >= 4 is 0 Å². The molecule has 0 spiro atoms. The molecule has 0 aliphatic heterocycles. The lowest BCUT2D eigenvalue weighted by Gasteiger charge is -2.13. The van der Waals surface area contributed by atoms with Crippen LogP contribution in [-0.4, -0.2) is 11.1 Å². The highest BCUT2D eigenvalue weighted by molar-refractivity contribution is 5.42. The van der Waals surface area contributed by atoms with Crippen LogP contribution in [0.2, 0.25) is 0 Å².